The number of carbonyl (C=O) groups is 1. The van der Waals surface area contributed by atoms with Gasteiger partial charge in [0.25, 0.3) is 0 Å². The summed E-state index contributed by atoms with van der Waals surface area (Å²) < 4.78 is 197. The largest absolute Gasteiger partial charge is 0.461 e. The van der Waals surface area contributed by atoms with Gasteiger partial charge < -0.3 is 4.74 Å². The van der Waals surface area contributed by atoms with Crippen molar-refractivity contribution < 1.29 is 75.4 Å². The molecule has 30 heavy (non-hydrogen) atoms. The van der Waals surface area contributed by atoms with E-state index in [1.807, 2.05) is 0 Å². The molecule has 0 atom stereocenters. The molecule has 0 aliphatic carbocycles. The summed E-state index contributed by atoms with van der Waals surface area (Å²) in [6.07, 6.45) is -7.54. The molecule has 0 saturated carbocycles. The highest BCUT2D eigenvalue weighted by Crippen LogP contribution is 2.62. The number of hydrogen-bond donors (Lipinski definition) is 0. The van der Waals surface area contributed by atoms with Gasteiger partial charge in [-0.05, 0) is 6.42 Å². The van der Waals surface area contributed by atoms with Gasteiger partial charge in [0.1, 0.15) is 0 Å². The molecule has 0 spiro atoms. The molecule has 0 heterocycles. The third kappa shape index (κ3) is 4.11. The monoisotopic (exact) mass is 484 g/mol. The van der Waals surface area contributed by atoms with Gasteiger partial charge in [-0.15, -0.1) is 0 Å². The van der Waals surface area contributed by atoms with E-state index >= 15 is 0 Å². The van der Waals surface area contributed by atoms with Gasteiger partial charge >= 0.3 is 47.7 Å². The first-order valence-electron chi connectivity index (χ1n) is 7.49. The highest BCUT2D eigenvalue weighted by molar-refractivity contribution is 5.79. The molecule has 0 rings (SSSR count). The van der Waals surface area contributed by atoms with Crippen molar-refractivity contribution in [2.75, 3.05) is 6.61 Å². The second-order valence-corrected chi connectivity index (χ2v) is 5.79. The highest BCUT2D eigenvalue weighted by atomic mass is 19.4. The Kier molecular flexibility index (Phi) is 7.73. The number of halogens is 15. The van der Waals surface area contributed by atoms with Crippen molar-refractivity contribution in [2.45, 2.75) is 67.9 Å². The number of unbranched alkanes of at least 4 members (excludes halogenated alkanes) is 2. The molecule has 0 aliphatic heterocycles. The predicted octanol–water partition coefficient (Wildman–Crippen LogP) is 6.09. The summed E-state index contributed by atoms with van der Waals surface area (Å²) in [5, 5.41) is 0. The van der Waals surface area contributed by atoms with Crippen LogP contribution < -0.4 is 0 Å². The van der Waals surface area contributed by atoms with Crippen LogP contribution in [0.1, 0.15) is 26.2 Å². The molecule has 180 valence electrons. The average Bonchev–Trinajstić information content (AvgIpc) is 2.56. The van der Waals surface area contributed by atoms with E-state index in [2.05, 4.69) is 4.74 Å². The number of hydrogen-bond acceptors (Lipinski definition) is 2. The smallest absolute Gasteiger partial charge is 0.460 e. The second kappa shape index (κ2) is 8.16. The maximum atomic E-state index is 13.4. The van der Waals surface area contributed by atoms with Gasteiger partial charge in [-0.2, -0.15) is 65.9 Å². The van der Waals surface area contributed by atoms with Gasteiger partial charge in [0.2, 0.25) is 0 Å². The van der Waals surface area contributed by atoms with Crippen molar-refractivity contribution in [2.24, 2.45) is 0 Å². The minimum Gasteiger partial charge on any atom is -0.461 e. The van der Waals surface area contributed by atoms with Crippen LogP contribution in [0.4, 0.5) is 65.9 Å². The fraction of sp³-hybridized carbons (Fsp3) is 0.923. The average molecular weight is 484 g/mol. The quantitative estimate of drug-likeness (QED) is 0.213. The minimum absolute atomic E-state index is 0.113. The summed E-state index contributed by atoms with van der Waals surface area (Å²) in [5.74, 6) is -51.6. The minimum atomic E-state index is -8.42. The lowest BCUT2D eigenvalue weighted by molar-refractivity contribution is -0.450. The number of ether oxygens (including phenoxy) is 1. The van der Waals surface area contributed by atoms with E-state index in [9.17, 15) is 70.7 Å². The van der Waals surface area contributed by atoms with E-state index in [-0.39, 0.29) is 12.8 Å². The van der Waals surface area contributed by atoms with E-state index in [1.54, 1.807) is 0 Å². The first-order valence-corrected chi connectivity index (χ1v) is 7.49. The standard InChI is InChI=1S/C13H11F15O2/c1-2-3-4-5-30-6(29)7(14,15)8(16,17)9(18,19)10(20,21)11(22,23)12(24,25)13(26,27)28/h2-5H2,1H3. The van der Waals surface area contributed by atoms with Crippen LogP contribution in [0.15, 0.2) is 0 Å². The summed E-state index contributed by atoms with van der Waals surface area (Å²) in [7, 11) is 0. The van der Waals surface area contributed by atoms with Crippen LogP contribution in [0.2, 0.25) is 0 Å². The van der Waals surface area contributed by atoms with Gasteiger partial charge in [0, 0.05) is 0 Å². The third-order valence-corrected chi connectivity index (χ3v) is 3.57. The second-order valence-electron chi connectivity index (χ2n) is 5.79. The Hall–Kier alpha value is -1.58. The molecule has 0 amide bonds. The molecule has 0 unspecified atom stereocenters. The first-order chi connectivity index (χ1) is 13.0. The molecule has 0 fully saturated rings. The van der Waals surface area contributed by atoms with Gasteiger partial charge in [0.05, 0.1) is 6.61 Å². The summed E-state index contributed by atoms with van der Waals surface area (Å²) in [6, 6.07) is 0. The number of alkyl halides is 15. The molecule has 0 aliphatic rings. The van der Waals surface area contributed by atoms with Crippen molar-refractivity contribution in [3.8, 4) is 0 Å². The molecule has 0 aromatic heterocycles. The Labute approximate surface area is 157 Å². The van der Waals surface area contributed by atoms with E-state index in [0.29, 0.717) is 6.42 Å². The molecule has 0 radical (unpaired) electrons. The van der Waals surface area contributed by atoms with Crippen LogP contribution in [0.5, 0.6) is 0 Å². The zero-order chi connectivity index (χ0) is 24.6. The van der Waals surface area contributed by atoms with Crippen LogP contribution in [-0.4, -0.2) is 54.3 Å². The Bertz CT molecular complexity index is 608. The molecule has 0 N–H and O–H groups in total. The zero-order valence-corrected chi connectivity index (χ0v) is 14.3. The van der Waals surface area contributed by atoms with Crippen LogP contribution in [0.3, 0.4) is 0 Å². The number of esters is 1. The molecular weight excluding hydrogens is 473 g/mol. The van der Waals surface area contributed by atoms with Gasteiger partial charge in [-0.3, -0.25) is 0 Å². The van der Waals surface area contributed by atoms with Gasteiger partial charge in [-0.25, -0.2) is 4.79 Å². The van der Waals surface area contributed by atoms with Crippen molar-refractivity contribution >= 4 is 5.97 Å². The van der Waals surface area contributed by atoms with Gasteiger partial charge in [0.15, 0.2) is 0 Å². The Balaban J connectivity index is 6.20. The normalized spacial score (nSPS) is 15.3. The lowest BCUT2D eigenvalue weighted by Gasteiger charge is -2.40. The maximum absolute atomic E-state index is 13.4. The SMILES string of the molecule is CCCCCOC(=O)C(F)(F)C(F)(F)C(F)(F)C(F)(F)C(F)(F)C(F)(F)C(F)(F)F. The van der Waals surface area contributed by atoms with E-state index in [4.69, 9.17) is 0 Å². The van der Waals surface area contributed by atoms with Crippen molar-refractivity contribution in [1.29, 1.82) is 0 Å². The van der Waals surface area contributed by atoms with Crippen LogP contribution in [-0.2, 0) is 9.53 Å². The fourth-order valence-corrected chi connectivity index (χ4v) is 1.70. The molecule has 2 nitrogen and oxygen atoms in total. The van der Waals surface area contributed by atoms with Crippen molar-refractivity contribution in [3.05, 3.63) is 0 Å². The van der Waals surface area contributed by atoms with E-state index in [1.165, 1.54) is 6.92 Å². The van der Waals surface area contributed by atoms with Gasteiger partial charge in [-0.1, -0.05) is 19.8 Å². The predicted molar refractivity (Wildman–Crippen MR) is 66.2 cm³/mol. The van der Waals surface area contributed by atoms with E-state index < -0.39 is 54.3 Å². The summed E-state index contributed by atoms with van der Waals surface area (Å²) in [5.41, 5.74) is 0. The number of rotatable bonds is 10. The zero-order valence-electron chi connectivity index (χ0n) is 14.3. The highest BCUT2D eigenvalue weighted by Gasteiger charge is 2.94. The first kappa shape index (κ1) is 28.4. The number of carbonyl (C=O) groups excluding carboxylic acids is 1. The van der Waals surface area contributed by atoms with Crippen LogP contribution in [0.25, 0.3) is 0 Å². The fourth-order valence-electron chi connectivity index (χ4n) is 1.70. The Morgan fingerprint density at radius 2 is 0.967 bits per heavy atom. The van der Waals surface area contributed by atoms with E-state index in [0.717, 1.165) is 0 Å². The molecular formula is C13H11F15O2. The molecule has 0 aromatic rings. The van der Waals surface area contributed by atoms with Crippen molar-refractivity contribution in [3.63, 3.8) is 0 Å². The Morgan fingerprint density at radius 1 is 0.600 bits per heavy atom. The molecule has 0 bridgehead atoms. The molecule has 0 saturated heterocycles. The van der Waals surface area contributed by atoms with Crippen molar-refractivity contribution in [1.82, 2.24) is 0 Å². The molecule has 0 aromatic carbocycles. The Morgan fingerprint density at radius 3 is 1.33 bits per heavy atom. The van der Waals surface area contributed by atoms with Crippen LogP contribution in [0, 0.1) is 0 Å². The third-order valence-electron chi connectivity index (χ3n) is 3.57. The topological polar surface area (TPSA) is 26.3 Å². The summed E-state index contributed by atoms with van der Waals surface area (Å²) in [4.78, 5) is 10.9. The summed E-state index contributed by atoms with van der Waals surface area (Å²) in [6.45, 7) is 0.368. The maximum Gasteiger partial charge on any atom is 0.460 e. The lowest BCUT2D eigenvalue weighted by Crippen LogP contribution is -2.73. The van der Waals surface area contributed by atoms with Crippen LogP contribution >= 0.6 is 0 Å². The summed E-state index contributed by atoms with van der Waals surface area (Å²) >= 11 is 0. The lowest BCUT2D eigenvalue weighted by atomic mass is 9.91. The molecule has 17 heteroatoms.